The molecule has 0 aliphatic carbocycles. The molecule has 0 amide bonds. The van der Waals surface area contributed by atoms with Crippen LogP contribution in [0.2, 0.25) is 0 Å². The number of thiophene rings is 1. The first-order valence-corrected chi connectivity index (χ1v) is 5.80. The number of thiol groups is 1. The van der Waals surface area contributed by atoms with E-state index in [9.17, 15) is 4.79 Å². The third-order valence-corrected chi connectivity index (χ3v) is 4.24. The van der Waals surface area contributed by atoms with E-state index in [-0.39, 0.29) is 4.88 Å². The lowest BCUT2D eigenvalue weighted by molar-refractivity contribution is 0.0699. The summed E-state index contributed by atoms with van der Waals surface area (Å²) < 4.78 is 1.81. The van der Waals surface area contributed by atoms with Crippen LogP contribution in [0.5, 0.6) is 0 Å². The van der Waals surface area contributed by atoms with Crippen molar-refractivity contribution in [3.05, 3.63) is 27.5 Å². The molecular formula is C9H5BrO2S2. The van der Waals surface area contributed by atoms with Crippen LogP contribution in [-0.4, -0.2) is 11.1 Å². The summed E-state index contributed by atoms with van der Waals surface area (Å²) in [7, 11) is 0. The number of benzene rings is 1. The van der Waals surface area contributed by atoms with E-state index in [0.717, 1.165) is 14.6 Å². The second-order valence-electron chi connectivity index (χ2n) is 2.70. The molecule has 0 spiro atoms. The first-order chi connectivity index (χ1) is 6.61. The molecule has 72 valence electrons. The summed E-state index contributed by atoms with van der Waals surface area (Å²) in [6.07, 6.45) is 0. The van der Waals surface area contributed by atoms with Crippen molar-refractivity contribution in [3.63, 3.8) is 0 Å². The molecule has 2 nitrogen and oxygen atoms in total. The molecule has 2 aromatic rings. The van der Waals surface area contributed by atoms with Gasteiger partial charge in [0, 0.05) is 19.5 Å². The van der Waals surface area contributed by atoms with E-state index >= 15 is 0 Å². The fourth-order valence-corrected chi connectivity index (χ4v) is 3.60. The molecule has 1 heterocycles. The number of halogens is 1. The Bertz CT molecular complexity index is 519. The molecule has 0 radical (unpaired) electrons. The molecule has 1 aromatic carbocycles. The van der Waals surface area contributed by atoms with Crippen LogP contribution in [0.3, 0.4) is 0 Å². The highest BCUT2D eigenvalue weighted by atomic mass is 79.9. The Morgan fingerprint density at radius 3 is 2.79 bits per heavy atom. The zero-order valence-corrected chi connectivity index (χ0v) is 10.1. The van der Waals surface area contributed by atoms with Crippen LogP contribution in [0, 0.1) is 0 Å². The van der Waals surface area contributed by atoms with Gasteiger partial charge >= 0.3 is 5.97 Å². The van der Waals surface area contributed by atoms with Gasteiger partial charge in [0.2, 0.25) is 0 Å². The first kappa shape index (κ1) is 10.0. The molecule has 1 N–H and O–H groups in total. The lowest BCUT2D eigenvalue weighted by Crippen LogP contribution is -1.92. The molecule has 0 atom stereocenters. The summed E-state index contributed by atoms with van der Waals surface area (Å²) in [5.41, 5.74) is 0. The van der Waals surface area contributed by atoms with Crippen LogP contribution in [0.4, 0.5) is 0 Å². The fraction of sp³-hybridized carbons (Fsp3) is 0. The fourth-order valence-electron chi connectivity index (χ4n) is 1.24. The Morgan fingerprint density at radius 2 is 2.21 bits per heavy atom. The van der Waals surface area contributed by atoms with Crippen molar-refractivity contribution >= 4 is 56.0 Å². The van der Waals surface area contributed by atoms with E-state index in [1.807, 2.05) is 18.2 Å². The topological polar surface area (TPSA) is 37.3 Å². The Kier molecular flexibility index (Phi) is 2.55. The number of carboxylic acids is 1. The number of fused-ring (bicyclic) bond motifs is 1. The molecule has 0 aliphatic heterocycles. The average molecular weight is 289 g/mol. The van der Waals surface area contributed by atoms with E-state index in [0.29, 0.717) is 4.90 Å². The lowest BCUT2D eigenvalue weighted by atomic mass is 10.2. The highest BCUT2D eigenvalue weighted by Gasteiger charge is 2.16. The van der Waals surface area contributed by atoms with Gasteiger partial charge in [0.25, 0.3) is 0 Å². The number of rotatable bonds is 1. The molecule has 2 rings (SSSR count). The average Bonchev–Trinajstić information content (AvgIpc) is 2.45. The molecule has 1 aromatic heterocycles. The second-order valence-corrected chi connectivity index (χ2v) is 5.05. The van der Waals surface area contributed by atoms with Gasteiger partial charge in [-0.05, 0) is 12.1 Å². The van der Waals surface area contributed by atoms with Crippen LogP contribution >= 0.6 is 39.9 Å². The molecule has 0 fully saturated rings. The van der Waals surface area contributed by atoms with Gasteiger partial charge in [0.1, 0.15) is 4.88 Å². The van der Waals surface area contributed by atoms with Crippen molar-refractivity contribution in [3.8, 4) is 0 Å². The van der Waals surface area contributed by atoms with Gasteiger partial charge < -0.3 is 5.11 Å². The summed E-state index contributed by atoms with van der Waals surface area (Å²) in [4.78, 5) is 11.7. The van der Waals surface area contributed by atoms with Crippen molar-refractivity contribution in [2.24, 2.45) is 0 Å². The monoisotopic (exact) mass is 288 g/mol. The third kappa shape index (κ3) is 1.45. The Morgan fingerprint density at radius 1 is 1.50 bits per heavy atom. The molecule has 5 heteroatoms. The van der Waals surface area contributed by atoms with Crippen molar-refractivity contribution in [2.45, 2.75) is 4.90 Å². The van der Waals surface area contributed by atoms with Gasteiger partial charge in [-0.15, -0.1) is 24.0 Å². The highest BCUT2D eigenvalue weighted by molar-refractivity contribution is 9.10. The number of hydrogen-bond acceptors (Lipinski definition) is 3. The first-order valence-electron chi connectivity index (χ1n) is 3.74. The molecule has 14 heavy (non-hydrogen) atoms. The normalized spacial score (nSPS) is 10.7. The predicted molar refractivity (Wildman–Crippen MR) is 63.7 cm³/mol. The van der Waals surface area contributed by atoms with Gasteiger partial charge in [-0.25, -0.2) is 4.79 Å². The predicted octanol–water partition coefficient (Wildman–Crippen LogP) is 3.65. The molecule has 0 bridgehead atoms. The minimum Gasteiger partial charge on any atom is -0.477 e. The van der Waals surface area contributed by atoms with E-state index < -0.39 is 5.97 Å². The van der Waals surface area contributed by atoms with Gasteiger partial charge in [0.15, 0.2) is 0 Å². The van der Waals surface area contributed by atoms with Crippen LogP contribution in [0.25, 0.3) is 10.1 Å². The van der Waals surface area contributed by atoms with E-state index in [4.69, 9.17) is 5.11 Å². The van der Waals surface area contributed by atoms with Gasteiger partial charge in [-0.3, -0.25) is 0 Å². The third-order valence-electron chi connectivity index (χ3n) is 1.83. The van der Waals surface area contributed by atoms with E-state index in [1.54, 1.807) is 0 Å². The summed E-state index contributed by atoms with van der Waals surface area (Å²) in [5, 5.41) is 9.78. The van der Waals surface area contributed by atoms with Gasteiger partial charge in [-0.2, -0.15) is 0 Å². The van der Waals surface area contributed by atoms with Crippen molar-refractivity contribution in [1.82, 2.24) is 0 Å². The van der Waals surface area contributed by atoms with Crippen LogP contribution in [0.15, 0.2) is 27.6 Å². The van der Waals surface area contributed by atoms with E-state index in [1.165, 1.54) is 11.3 Å². The van der Waals surface area contributed by atoms with Crippen LogP contribution < -0.4 is 0 Å². The summed E-state index contributed by atoms with van der Waals surface area (Å²) in [6.45, 7) is 0. The smallest absolute Gasteiger partial charge is 0.347 e. The largest absolute Gasteiger partial charge is 0.477 e. The Balaban J connectivity index is 2.87. The SMILES string of the molecule is O=C(O)c1sc2cccc(Br)c2c1S. The minimum absolute atomic E-state index is 0.287. The number of aromatic carboxylic acids is 1. The zero-order valence-electron chi connectivity index (χ0n) is 6.82. The number of carboxylic acid groups (broad SMARTS) is 1. The maximum absolute atomic E-state index is 10.8. The molecule has 0 unspecified atom stereocenters. The lowest BCUT2D eigenvalue weighted by Gasteiger charge is -1.94. The highest BCUT2D eigenvalue weighted by Crippen LogP contribution is 2.38. The molecule has 0 saturated heterocycles. The summed E-state index contributed by atoms with van der Waals surface area (Å²) >= 11 is 8.84. The molecule has 0 aliphatic rings. The quantitative estimate of drug-likeness (QED) is 0.786. The van der Waals surface area contributed by atoms with Gasteiger partial charge in [-0.1, -0.05) is 22.0 Å². The number of carbonyl (C=O) groups is 1. The standard InChI is InChI=1S/C9H5BrO2S2/c10-4-2-1-3-5-6(4)7(13)8(14-5)9(11)12/h1-3,13H,(H,11,12). The van der Waals surface area contributed by atoms with Gasteiger partial charge in [0.05, 0.1) is 0 Å². The summed E-state index contributed by atoms with van der Waals surface area (Å²) in [5.74, 6) is -0.928. The van der Waals surface area contributed by atoms with Crippen molar-refractivity contribution in [2.75, 3.05) is 0 Å². The summed E-state index contributed by atoms with van der Waals surface area (Å²) in [6, 6.07) is 5.64. The molecule has 0 saturated carbocycles. The van der Waals surface area contributed by atoms with Crippen LogP contribution in [0.1, 0.15) is 9.67 Å². The van der Waals surface area contributed by atoms with Crippen molar-refractivity contribution in [1.29, 1.82) is 0 Å². The maximum atomic E-state index is 10.8. The second kappa shape index (κ2) is 3.56. The maximum Gasteiger partial charge on any atom is 0.347 e. The molecular weight excluding hydrogens is 284 g/mol. The van der Waals surface area contributed by atoms with E-state index in [2.05, 4.69) is 28.6 Å². The zero-order chi connectivity index (χ0) is 10.3. The minimum atomic E-state index is -0.928. The van der Waals surface area contributed by atoms with Crippen molar-refractivity contribution < 1.29 is 9.90 Å². The Hall–Kier alpha value is -0.520. The Labute approximate surface area is 98.1 Å². The van der Waals surface area contributed by atoms with Crippen LogP contribution in [-0.2, 0) is 0 Å². The number of hydrogen-bond donors (Lipinski definition) is 2.